The van der Waals surface area contributed by atoms with Crippen LogP contribution in [-0.4, -0.2) is 78.1 Å². The third kappa shape index (κ3) is 5.67. The Kier molecular flexibility index (Phi) is 7.98. The fourth-order valence-corrected chi connectivity index (χ4v) is 8.42. The first-order valence-electron chi connectivity index (χ1n) is 16.7. The van der Waals surface area contributed by atoms with Crippen LogP contribution >= 0.6 is 0 Å². The number of piperidine rings is 2. The number of rotatable bonds is 8. The van der Waals surface area contributed by atoms with E-state index in [1.165, 1.54) is 43.0 Å². The van der Waals surface area contributed by atoms with Crippen molar-refractivity contribution in [2.24, 2.45) is 0 Å². The number of aromatic hydroxyl groups is 1. The second-order valence-corrected chi connectivity index (χ2v) is 13.7. The molecule has 0 unspecified atom stereocenters. The number of hydrogen-bond donors (Lipinski definition) is 2. The molecule has 5 heterocycles. The van der Waals surface area contributed by atoms with Crippen LogP contribution in [0.5, 0.6) is 5.88 Å². The van der Waals surface area contributed by atoms with Crippen LogP contribution in [0.4, 0.5) is 5.95 Å². The van der Waals surface area contributed by atoms with Crippen molar-refractivity contribution < 1.29 is 9.90 Å². The molecule has 0 radical (unpaired) electrons. The Morgan fingerprint density at radius 1 is 0.978 bits per heavy atom. The molecule has 3 fully saturated rings. The van der Waals surface area contributed by atoms with Gasteiger partial charge in [-0.2, -0.15) is 4.98 Å². The van der Waals surface area contributed by atoms with Gasteiger partial charge < -0.3 is 19.9 Å². The molecule has 0 aliphatic carbocycles. The average Bonchev–Trinajstić information content (AvgIpc) is 3.50. The molecule has 4 aromatic rings. The van der Waals surface area contributed by atoms with Crippen molar-refractivity contribution in [3.8, 4) is 5.88 Å². The van der Waals surface area contributed by atoms with Crippen LogP contribution in [-0.2, 0) is 5.41 Å². The summed E-state index contributed by atoms with van der Waals surface area (Å²) in [4.78, 5) is 31.4. The number of carbonyl (C=O) groups is 1. The van der Waals surface area contributed by atoms with Gasteiger partial charge in [-0.3, -0.25) is 9.69 Å². The van der Waals surface area contributed by atoms with Crippen molar-refractivity contribution >= 4 is 22.9 Å². The number of anilines is 1. The molecule has 0 spiro atoms. The Morgan fingerprint density at radius 3 is 2.36 bits per heavy atom. The lowest BCUT2D eigenvalue weighted by Crippen LogP contribution is -2.49. The van der Waals surface area contributed by atoms with E-state index in [9.17, 15) is 9.90 Å². The minimum Gasteiger partial charge on any atom is -0.493 e. The van der Waals surface area contributed by atoms with Gasteiger partial charge in [0.25, 0.3) is 5.91 Å². The van der Waals surface area contributed by atoms with Crippen LogP contribution in [0.3, 0.4) is 0 Å². The number of aromatic nitrogens is 4. The summed E-state index contributed by atoms with van der Waals surface area (Å²) in [7, 11) is 0. The zero-order chi connectivity index (χ0) is 31.1. The Bertz CT molecular complexity index is 1650. The van der Waals surface area contributed by atoms with Crippen molar-refractivity contribution in [1.29, 1.82) is 0 Å². The number of nitrogens with zero attached hydrogens (tertiary/aromatic N) is 6. The number of likely N-dealkylation sites (tertiary alicyclic amines) is 1. The zero-order valence-corrected chi connectivity index (χ0v) is 26.7. The van der Waals surface area contributed by atoms with Crippen LogP contribution in [0.25, 0.3) is 11.0 Å². The maximum atomic E-state index is 13.5. The first-order valence-corrected chi connectivity index (χ1v) is 16.7. The fraction of sp³-hybridized carbons (Fsp3) is 0.500. The first kappa shape index (κ1) is 29.7. The van der Waals surface area contributed by atoms with Crippen LogP contribution in [0.15, 0.2) is 60.8 Å². The van der Waals surface area contributed by atoms with Crippen LogP contribution in [0.1, 0.15) is 86.6 Å². The third-order valence-electron chi connectivity index (χ3n) is 10.7. The quantitative estimate of drug-likeness (QED) is 0.250. The Morgan fingerprint density at radius 2 is 1.67 bits per heavy atom. The summed E-state index contributed by atoms with van der Waals surface area (Å²) in [6.45, 7) is 8.46. The molecule has 3 saturated heterocycles. The summed E-state index contributed by atoms with van der Waals surface area (Å²) in [6.07, 6.45) is 9.20. The Labute approximate surface area is 265 Å². The summed E-state index contributed by atoms with van der Waals surface area (Å²) in [5.74, 6) is 0.984. The topological polar surface area (TPSA) is 99.4 Å². The molecule has 9 nitrogen and oxygen atoms in total. The van der Waals surface area contributed by atoms with E-state index in [-0.39, 0.29) is 28.8 Å². The van der Waals surface area contributed by atoms with Crippen molar-refractivity contribution in [1.82, 2.24) is 29.3 Å². The molecular formula is C36H45N7O2. The molecule has 3 aliphatic rings. The fourth-order valence-electron chi connectivity index (χ4n) is 8.42. The summed E-state index contributed by atoms with van der Waals surface area (Å²) >= 11 is 0. The van der Waals surface area contributed by atoms with Crippen molar-refractivity contribution in [2.45, 2.75) is 95.3 Å². The van der Waals surface area contributed by atoms with E-state index < -0.39 is 0 Å². The van der Waals surface area contributed by atoms with Gasteiger partial charge in [-0.05, 0) is 95.4 Å². The molecule has 2 N–H and O–H groups in total. The molecular weight excluding hydrogens is 562 g/mol. The van der Waals surface area contributed by atoms with E-state index in [2.05, 4.69) is 86.3 Å². The molecule has 7 rings (SSSR count). The second kappa shape index (κ2) is 12.1. The lowest BCUT2D eigenvalue weighted by molar-refractivity contribution is 0.0603. The lowest BCUT2D eigenvalue weighted by atomic mass is 9.70. The molecule has 3 aliphatic heterocycles. The maximum Gasteiger partial charge on any atom is 0.260 e. The number of benzene rings is 2. The molecule has 2 aromatic heterocycles. The zero-order valence-electron chi connectivity index (χ0n) is 26.7. The highest BCUT2D eigenvalue weighted by Crippen LogP contribution is 2.45. The van der Waals surface area contributed by atoms with Gasteiger partial charge in [-0.25, -0.2) is 9.97 Å². The van der Waals surface area contributed by atoms with Gasteiger partial charge in [-0.1, -0.05) is 42.5 Å². The van der Waals surface area contributed by atoms with E-state index in [0.717, 1.165) is 37.1 Å². The number of imidazole rings is 1. The average molecular weight is 608 g/mol. The summed E-state index contributed by atoms with van der Waals surface area (Å²) in [5, 5.41) is 13.6. The Balaban J connectivity index is 1.04. The summed E-state index contributed by atoms with van der Waals surface area (Å²) in [5.41, 5.74) is 3.91. The number of aryl methyl sites for hydroxylation is 1. The van der Waals surface area contributed by atoms with Crippen LogP contribution in [0, 0.1) is 6.92 Å². The maximum absolute atomic E-state index is 13.5. The predicted octanol–water partition coefficient (Wildman–Crippen LogP) is 6.09. The molecule has 2 bridgehead atoms. The number of fused-ring (bicyclic) bond motifs is 3. The van der Waals surface area contributed by atoms with Crippen molar-refractivity contribution in [2.75, 3.05) is 25.0 Å². The normalized spacial score (nSPS) is 23.1. The summed E-state index contributed by atoms with van der Waals surface area (Å²) < 4.78 is 2.51. The molecule has 9 heteroatoms. The Hall–Kier alpha value is -3.98. The minimum atomic E-state index is -0.268. The molecule has 236 valence electrons. The van der Waals surface area contributed by atoms with E-state index in [1.807, 2.05) is 18.7 Å². The number of nitrogens with one attached hydrogen (secondary N) is 1. The van der Waals surface area contributed by atoms with Gasteiger partial charge >= 0.3 is 0 Å². The number of amides is 1. The smallest absolute Gasteiger partial charge is 0.260 e. The van der Waals surface area contributed by atoms with E-state index in [4.69, 9.17) is 4.98 Å². The third-order valence-corrected chi connectivity index (χ3v) is 10.7. The van der Waals surface area contributed by atoms with Crippen LogP contribution < -0.4 is 5.32 Å². The predicted molar refractivity (Wildman–Crippen MR) is 177 cm³/mol. The number of hydrogen-bond acceptors (Lipinski definition) is 7. The van der Waals surface area contributed by atoms with Gasteiger partial charge in [0.2, 0.25) is 11.8 Å². The van der Waals surface area contributed by atoms with Gasteiger partial charge in [0, 0.05) is 43.5 Å². The van der Waals surface area contributed by atoms with Gasteiger partial charge in [-0.15, -0.1) is 0 Å². The van der Waals surface area contributed by atoms with E-state index in [1.54, 1.807) is 0 Å². The van der Waals surface area contributed by atoms with Crippen LogP contribution in [0.2, 0.25) is 0 Å². The van der Waals surface area contributed by atoms with Gasteiger partial charge in [0.15, 0.2) is 0 Å². The first-order chi connectivity index (χ1) is 21.8. The molecule has 0 saturated carbocycles. The summed E-state index contributed by atoms with van der Waals surface area (Å²) in [6, 6.07) is 21.3. The standard InChI is InChI=1S/C36H45N7O2/c1-24(2)38-35-37-23-30(33(44)40-35)34(45)41-18-15-36(16-19-41,26-9-5-4-6-10-26)17-20-42-27-13-14-28(42)22-29(21-27)43-25(3)39-31-11-7-8-12-32(31)43/h4-12,23-24,27-29H,13-22H2,1-3H3,(H2,37,38,40,44)/t27-,28+,29+. The second-order valence-electron chi connectivity index (χ2n) is 13.7. The van der Waals surface area contributed by atoms with Crippen molar-refractivity contribution in [3.05, 3.63) is 77.7 Å². The largest absolute Gasteiger partial charge is 0.493 e. The molecule has 45 heavy (non-hydrogen) atoms. The number of carbonyl (C=O) groups excluding carboxylic acids is 1. The van der Waals surface area contributed by atoms with E-state index >= 15 is 0 Å². The van der Waals surface area contributed by atoms with E-state index in [0.29, 0.717) is 37.2 Å². The molecule has 2 aromatic carbocycles. The lowest BCUT2D eigenvalue weighted by Gasteiger charge is -2.45. The van der Waals surface area contributed by atoms with Gasteiger partial charge in [0.1, 0.15) is 11.4 Å². The number of para-hydroxylation sites is 2. The highest BCUT2D eigenvalue weighted by atomic mass is 16.3. The highest BCUT2D eigenvalue weighted by molar-refractivity contribution is 5.96. The van der Waals surface area contributed by atoms with Gasteiger partial charge in [0.05, 0.1) is 11.0 Å². The minimum absolute atomic E-state index is 0.00898. The van der Waals surface area contributed by atoms with Crippen molar-refractivity contribution in [3.63, 3.8) is 0 Å². The monoisotopic (exact) mass is 607 g/mol. The SMILES string of the molecule is Cc1nc2ccccc2n1[C@H]1C[C@H]2CC[C@@H](C1)N2CCC1(c2ccccc2)CCN(C(=O)c2cnc(NC(C)C)nc2O)CC1. The highest BCUT2D eigenvalue weighted by Gasteiger charge is 2.44. The molecule has 1 amide bonds. The molecule has 3 atom stereocenters.